The van der Waals surface area contributed by atoms with Gasteiger partial charge in [0.2, 0.25) is 37.2 Å². The molecular weight excluding hydrogens is 1590 g/mol. The number of ether oxygens (including phenoxy) is 14. The van der Waals surface area contributed by atoms with Gasteiger partial charge >= 0.3 is 41.2 Å². The van der Waals surface area contributed by atoms with E-state index in [4.69, 9.17) is 75.8 Å². The Morgan fingerprint density at radius 1 is 0.347 bits per heavy atom. The van der Waals surface area contributed by atoms with Crippen LogP contribution in [-0.2, 0) is 66.6 Å². The molecule has 11 rings (SSSR count). The van der Waals surface area contributed by atoms with Gasteiger partial charge in [0.05, 0.1) is 18.2 Å². The molecule has 0 bridgehead atoms. The predicted octanol–water partition coefficient (Wildman–Crippen LogP) is -4.67. The van der Waals surface area contributed by atoms with Gasteiger partial charge < -0.3 is 184 Å². The summed E-state index contributed by atoms with van der Waals surface area (Å²) < 4.78 is 83.7. The number of esters is 4. The quantitative estimate of drug-likeness (QED) is 0.00548. The Labute approximate surface area is 662 Å². The Morgan fingerprint density at radius 2 is 0.712 bits per heavy atom. The van der Waals surface area contributed by atoms with Gasteiger partial charge in [-0.25, -0.2) is 18.8 Å². The van der Waals surface area contributed by atoms with Gasteiger partial charge in [0, 0.05) is 36.4 Å². The number of carboxylic acids is 1. The fourth-order valence-electron chi connectivity index (χ4n) is 12.3. The van der Waals surface area contributed by atoms with Gasteiger partial charge in [-0.15, -0.1) is 0 Å². The summed E-state index contributed by atoms with van der Waals surface area (Å²) >= 11 is 0. The number of phenols is 6. The first-order valence-electron chi connectivity index (χ1n) is 35.5. The highest BCUT2D eigenvalue weighted by atomic mass is 16.7. The molecule has 0 radical (unpaired) electrons. The number of carboxylic acid groups (broad SMARTS) is 1. The third-order valence-electron chi connectivity index (χ3n) is 18.8. The van der Waals surface area contributed by atoms with E-state index in [1.165, 1.54) is 36.4 Å². The molecule has 5 fully saturated rings. The summed E-state index contributed by atoms with van der Waals surface area (Å²) in [4.78, 5) is 61.9. The van der Waals surface area contributed by atoms with Gasteiger partial charge in [-0.2, -0.15) is 0 Å². The Morgan fingerprint density at radius 3 is 1.12 bits per heavy atom. The number of aromatic hydroxyl groups is 6. The van der Waals surface area contributed by atoms with Crippen molar-refractivity contribution in [1.82, 2.24) is 0 Å². The Bertz CT molecular complexity index is 4650. The van der Waals surface area contributed by atoms with Crippen molar-refractivity contribution in [2.45, 2.75) is 160 Å². The topological polar surface area (TPSA) is 691 Å². The van der Waals surface area contributed by atoms with Gasteiger partial charge in [0.25, 0.3) is 0 Å². The van der Waals surface area contributed by atoms with E-state index in [0.29, 0.717) is 0 Å². The van der Waals surface area contributed by atoms with Crippen molar-refractivity contribution in [1.29, 1.82) is 0 Å². The molecule has 0 spiro atoms. The summed E-state index contributed by atoms with van der Waals surface area (Å²) in [5.41, 5.74) is -0.0108. The standard InChI is InChI=1S/C75H80O43/c76-23-45-55(89)60(94)66(100)72(114-45)110-40-10-2-29(16-38(40)81)5-13-52(86)105-25-47-57(91)62(96)67(101)73(116-47)111-41-11-3-30(17-39(41)82)6-14-53(87)106-26-48-58(92)63(97)68(102)74(117-48)112-43-18-31(7-9-35(43)78)70-44(113-75-69(103)64(98)59(93)49(118-75)27-107-54(88)22-50(83)84)21-33-36(79)19-32(20-42(33)109-70)108-71-65(99)61(95)56(90)46(115-71)24-104-51(85)12-4-28-1-8-34(77)37(80)15-28/h1-21,45-49,55-69,71-76,89-103H,22-27H2,(H6-,77,78,79,80,81,82,83,84,85)/p+1. The summed E-state index contributed by atoms with van der Waals surface area (Å²) in [6.45, 7) is -4.01. The van der Waals surface area contributed by atoms with E-state index in [2.05, 4.69) is 0 Å². The number of hydrogen-bond acceptors (Lipinski definition) is 41. The number of aliphatic hydroxyl groups excluding tert-OH is 16. The van der Waals surface area contributed by atoms with Gasteiger partial charge in [0.15, 0.2) is 46.0 Å². The lowest BCUT2D eigenvalue weighted by atomic mass is 9.99. The molecule has 5 aromatic carbocycles. The molecule has 5 aliphatic rings. The van der Waals surface area contributed by atoms with E-state index >= 15 is 0 Å². The van der Waals surface area contributed by atoms with Crippen molar-refractivity contribution in [3.05, 3.63) is 126 Å². The van der Waals surface area contributed by atoms with Crippen LogP contribution in [0.1, 0.15) is 23.1 Å². The first-order valence-corrected chi connectivity index (χ1v) is 35.5. The number of phenolic OH excluding ortho intramolecular Hbond substituents is 6. The van der Waals surface area contributed by atoms with Crippen LogP contribution in [0.15, 0.2) is 114 Å². The van der Waals surface area contributed by atoms with Crippen molar-refractivity contribution in [2.75, 3.05) is 33.0 Å². The zero-order chi connectivity index (χ0) is 85.4. The largest absolute Gasteiger partial charge is 0.507 e. The van der Waals surface area contributed by atoms with Crippen molar-refractivity contribution >= 4 is 59.0 Å². The molecule has 638 valence electrons. The fraction of sp³-hybridized carbons (Fsp3) is 0.413. The smallest absolute Gasteiger partial charge is 0.402 e. The van der Waals surface area contributed by atoms with Crippen molar-refractivity contribution < 1.29 is 212 Å². The molecule has 43 nitrogen and oxygen atoms in total. The summed E-state index contributed by atoms with van der Waals surface area (Å²) in [6.07, 6.45) is -41.8. The maximum Gasteiger partial charge on any atom is 0.402 e. The number of carbonyl (C=O) groups excluding carboxylic acids is 4. The third-order valence-corrected chi connectivity index (χ3v) is 18.8. The Kier molecular flexibility index (Phi) is 28.4. The molecule has 5 aliphatic heterocycles. The monoisotopic (exact) mass is 1670 g/mol. The van der Waals surface area contributed by atoms with E-state index in [-0.39, 0.29) is 44.7 Å². The minimum absolute atomic E-state index is 0.0943. The number of hydrogen-bond donors (Lipinski definition) is 23. The minimum atomic E-state index is -2.16. The van der Waals surface area contributed by atoms with E-state index in [9.17, 15) is 136 Å². The van der Waals surface area contributed by atoms with Crippen LogP contribution >= 0.6 is 0 Å². The second-order valence-electron chi connectivity index (χ2n) is 27.2. The maximum absolute atomic E-state index is 13.2. The zero-order valence-electron chi connectivity index (χ0n) is 60.8. The molecule has 25 unspecified atom stereocenters. The molecule has 43 heteroatoms. The van der Waals surface area contributed by atoms with Crippen molar-refractivity contribution in [2.24, 2.45) is 0 Å². The van der Waals surface area contributed by atoms with Crippen LogP contribution in [0, 0.1) is 0 Å². The summed E-state index contributed by atoms with van der Waals surface area (Å²) in [6, 6.07) is 17.0. The first-order chi connectivity index (χ1) is 56.0. The first kappa shape index (κ1) is 87.9. The Hall–Kier alpha value is -11.0. The molecule has 0 aliphatic carbocycles. The number of fused-ring (bicyclic) bond motifs is 1. The van der Waals surface area contributed by atoms with Crippen LogP contribution in [0.3, 0.4) is 0 Å². The maximum atomic E-state index is 13.2. The summed E-state index contributed by atoms with van der Waals surface area (Å²) in [7, 11) is 0. The zero-order valence-corrected chi connectivity index (χ0v) is 60.8. The second kappa shape index (κ2) is 38.2. The number of carbonyl (C=O) groups is 5. The van der Waals surface area contributed by atoms with Crippen LogP contribution in [0.4, 0.5) is 0 Å². The predicted molar refractivity (Wildman–Crippen MR) is 382 cm³/mol. The molecule has 25 atom stereocenters. The van der Waals surface area contributed by atoms with E-state index in [0.717, 1.165) is 91.0 Å². The molecule has 23 N–H and O–H groups in total. The number of rotatable bonds is 28. The number of aliphatic carboxylic acids is 1. The van der Waals surface area contributed by atoms with Gasteiger partial charge in [0.1, 0.15) is 172 Å². The third kappa shape index (κ3) is 20.8. The highest BCUT2D eigenvalue weighted by Gasteiger charge is 2.51. The highest BCUT2D eigenvalue weighted by molar-refractivity contribution is 5.91. The fourth-order valence-corrected chi connectivity index (χ4v) is 12.3. The Balaban J connectivity index is 0.739. The molecule has 0 saturated carbocycles. The molecule has 6 aromatic rings. The summed E-state index contributed by atoms with van der Waals surface area (Å²) in [5, 5.41) is 244. The lowest BCUT2D eigenvalue weighted by molar-refractivity contribution is -0.278. The van der Waals surface area contributed by atoms with Gasteiger partial charge in [-0.3, -0.25) is 9.59 Å². The van der Waals surface area contributed by atoms with Crippen molar-refractivity contribution in [3.8, 4) is 74.6 Å². The number of benzene rings is 5. The van der Waals surface area contributed by atoms with Gasteiger partial charge in [-0.1, -0.05) is 18.2 Å². The van der Waals surface area contributed by atoms with Crippen LogP contribution in [0.25, 0.3) is 40.5 Å². The van der Waals surface area contributed by atoms with E-state index in [1.807, 2.05) is 0 Å². The minimum Gasteiger partial charge on any atom is -0.507 e. The highest BCUT2D eigenvalue weighted by Crippen LogP contribution is 2.45. The van der Waals surface area contributed by atoms with Crippen LogP contribution < -0.4 is 23.7 Å². The van der Waals surface area contributed by atoms with Gasteiger partial charge in [-0.05, 0) is 83.4 Å². The molecule has 1 aromatic heterocycles. The summed E-state index contributed by atoms with van der Waals surface area (Å²) in [5.74, 6) is -12.3. The molecular formula is C75H81O43+. The van der Waals surface area contributed by atoms with Crippen molar-refractivity contribution in [3.63, 3.8) is 0 Å². The van der Waals surface area contributed by atoms with Crippen LogP contribution in [-0.4, -0.2) is 334 Å². The average Bonchev–Trinajstić information content (AvgIpc) is 0.763. The van der Waals surface area contributed by atoms with Crippen LogP contribution in [0.5, 0.6) is 63.2 Å². The SMILES string of the molecule is O=C(O)CC(=O)OCC1OC(Oc2cc3c(O)cc(OC4OC(COC(=O)C=Cc5ccc(O)c(O)c5)C(O)C(O)C4O)cc3[o+]c2-c2ccc(O)c(OC3OC(COC(=O)C=Cc4ccc(OC5OC(COC(=O)C=Cc6ccc(OC7OC(CO)C(O)C(O)C7O)c(O)c6)C(O)C(O)C5O)c(O)c4)C(O)C(O)C3O)c2)C(O)C(O)C1O. The normalized spacial score (nSPS) is 31.1. The van der Waals surface area contributed by atoms with E-state index in [1.54, 1.807) is 0 Å². The lowest BCUT2D eigenvalue weighted by Gasteiger charge is -2.40. The molecule has 5 saturated heterocycles. The lowest BCUT2D eigenvalue weighted by Crippen LogP contribution is -2.60. The number of aliphatic hydroxyl groups is 16. The van der Waals surface area contributed by atoms with E-state index < -0.39 is 280 Å². The second-order valence-corrected chi connectivity index (χ2v) is 27.2. The molecule has 6 heterocycles. The molecule has 118 heavy (non-hydrogen) atoms. The molecule has 0 amide bonds. The van der Waals surface area contributed by atoms with Crippen LogP contribution in [0.2, 0.25) is 0 Å². The average molecular weight is 1670 g/mol.